The summed E-state index contributed by atoms with van der Waals surface area (Å²) in [6.45, 7) is 0. The van der Waals surface area contributed by atoms with E-state index in [1.54, 1.807) is 19.5 Å². The largest absolute Gasteiger partial charge is 0.391 e. The van der Waals surface area contributed by atoms with Gasteiger partial charge in [-0.2, -0.15) is 13.2 Å². The lowest BCUT2D eigenvalue weighted by atomic mass is 9.81. The Morgan fingerprint density at radius 2 is 1.97 bits per heavy atom. The van der Waals surface area contributed by atoms with Crippen molar-refractivity contribution >= 4 is 43.8 Å². The highest BCUT2D eigenvalue weighted by molar-refractivity contribution is 7.93. The molecule has 3 rings (SSSR count). The van der Waals surface area contributed by atoms with Gasteiger partial charge in [0, 0.05) is 23.7 Å². The van der Waals surface area contributed by atoms with Gasteiger partial charge in [-0.3, -0.25) is 4.72 Å². The maximum Gasteiger partial charge on any atom is 0.391 e. The SMILES string of the molecule is CN(C)[C@@H]1CCC(C(F)(F)F)C[C@H]1Nc1cc(F)c(S(=O)(=O)Nc2nccs2)cc1Cl. The molecule has 0 amide bonds. The van der Waals surface area contributed by atoms with Gasteiger partial charge in [0.25, 0.3) is 10.0 Å². The summed E-state index contributed by atoms with van der Waals surface area (Å²) in [4.78, 5) is 4.92. The molecular formula is C18H21ClF4N4O2S2. The number of nitrogens with one attached hydrogen (secondary N) is 2. The summed E-state index contributed by atoms with van der Waals surface area (Å²) in [6.07, 6.45) is -2.83. The molecule has 172 valence electrons. The third-order valence-electron chi connectivity index (χ3n) is 5.25. The van der Waals surface area contributed by atoms with Crippen LogP contribution >= 0.6 is 22.9 Å². The average Bonchev–Trinajstić information content (AvgIpc) is 3.15. The summed E-state index contributed by atoms with van der Waals surface area (Å²) >= 11 is 7.21. The van der Waals surface area contributed by atoms with Gasteiger partial charge in [0.05, 0.1) is 16.6 Å². The van der Waals surface area contributed by atoms with Crippen LogP contribution in [0, 0.1) is 11.7 Å². The molecule has 1 aromatic heterocycles. The lowest BCUT2D eigenvalue weighted by Gasteiger charge is -2.41. The van der Waals surface area contributed by atoms with E-state index in [9.17, 15) is 26.0 Å². The van der Waals surface area contributed by atoms with Gasteiger partial charge in [0.15, 0.2) is 5.13 Å². The van der Waals surface area contributed by atoms with E-state index in [0.29, 0.717) is 6.42 Å². The van der Waals surface area contributed by atoms with Crippen LogP contribution in [0.2, 0.25) is 5.02 Å². The number of halogens is 5. The molecule has 1 aliphatic carbocycles. The lowest BCUT2D eigenvalue weighted by Crippen LogP contribution is -2.49. The van der Waals surface area contributed by atoms with Gasteiger partial charge in [-0.15, -0.1) is 11.3 Å². The third kappa shape index (κ3) is 5.60. The van der Waals surface area contributed by atoms with Crippen molar-refractivity contribution in [2.24, 2.45) is 5.92 Å². The Balaban J connectivity index is 1.86. The molecule has 31 heavy (non-hydrogen) atoms. The van der Waals surface area contributed by atoms with Gasteiger partial charge >= 0.3 is 6.18 Å². The van der Waals surface area contributed by atoms with Crippen LogP contribution in [0.5, 0.6) is 0 Å². The van der Waals surface area contributed by atoms with Crippen LogP contribution in [0.1, 0.15) is 19.3 Å². The highest BCUT2D eigenvalue weighted by Gasteiger charge is 2.45. The Morgan fingerprint density at radius 1 is 1.26 bits per heavy atom. The van der Waals surface area contributed by atoms with E-state index in [0.717, 1.165) is 23.5 Å². The smallest absolute Gasteiger partial charge is 0.379 e. The fourth-order valence-electron chi connectivity index (χ4n) is 3.71. The summed E-state index contributed by atoms with van der Waals surface area (Å²) in [6, 6.07) is 0.947. The number of alkyl halides is 3. The standard InChI is InChI=1S/C18H21ClF4N4O2S2/c1-27(2)15-4-3-10(18(21,22)23)7-14(15)25-13-9-12(20)16(8-11(13)19)31(28,29)26-17-24-5-6-30-17/h5-6,8-10,14-15,25H,3-4,7H2,1-2H3,(H,24,26)/t10?,14-,15-/m1/s1. The molecule has 13 heteroatoms. The first-order valence-electron chi connectivity index (χ1n) is 9.29. The van der Waals surface area contributed by atoms with Crippen LogP contribution in [-0.2, 0) is 10.0 Å². The van der Waals surface area contributed by atoms with Gasteiger partial charge < -0.3 is 10.2 Å². The lowest BCUT2D eigenvalue weighted by molar-refractivity contribution is -0.185. The Hall–Kier alpha value is -1.63. The number of rotatable bonds is 6. The van der Waals surface area contributed by atoms with Gasteiger partial charge in [0.1, 0.15) is 10.7 Å². The summed E-state index contributed by atoms with van der Waals surface area (Å²) in [5, 5.41) is 4.40. The Bertz CT molecular complexity index is 1020. The molecule has 3 atom stereocenters. The molecule has 2 aromatic rings. The van der Waals surface area contributed by atoms with Crippen molar-refractivity contribution in [1.82, 2.24) is 9.88 Å². The Morgan fingerprint density at radius 3 is 2.55 bits per heavy atom. The predicted molar refractivity (Wildman–Crippen MR) is 113 cm³/mol. The second kappa shape index (κ2) is 9.08. The third-order valence-corrected chi connectivity index (χ3v) is 7.73. The highest BCUT2D eigenvalue weighted by atomic mass is 35.5. The molecular weight excluding hydrogens is 480 g/mol. The van der Waals surface area contributed by atoms with Crippen molar-refractivity contribution in [3.8, 4) is 0 Å². The highest BCUT2D eigenvalue weighted by Crippen LogP contribution is 2.40. The van der Waals surface area contributed by atoms with E-state index in [4.69, 9.17) is 11.6 Å². The summed E-state index contributed by atoms with van der Waals surface area (Å²) < 4.78 is 81.6. The van der Waals surface area contributed by atoms with Crippen LogP contribution in [0.4, 0.5) is 28.4 Å². The molecule has 1 unspecified atom stereocenters. The van der Waals surface area contributed by atoms with Crippen molar-refractivity contribution in [3.63, 3.8) is 0 Å². The average molecular weight is 501 g/mol. The Labute approximate surface area is 186 Å². The van der Waals surface area contributed by atoms with Gasteiger partial charge in [-0.1, -0.05) is 11.6 Å². The van der Waals surface area contributed by atoms with E-state index in [-0.39, 0.29) is 34.7 Å². The van der Waals surface area contributed by atoms with Crippen molar-refractivity contribution in [2.45, 2.75) is 42.4 Å². The molecule has 0 radical (unpaired) electrons. The topological polar surface area (TPSA) is 74.3 Å². The van der Waals surface area contributed by atoms with Crippen LogP contribution in [0.3, 0.4) is 0 Å². The number of hydrogen-bond acceptors (Lipinski definition) is 6. The molecule has 6 nitrogen and oxygen atoms in total. The van der Waals surface area contributed by atoms with Crippen LogP contribution in [0.25, 0.3) is 0 Å². The predicted octanol–water partition coefficient (Wildman–Crippen LogP) is 4.81. The first kappa shape index (κ1) is 24.0. The summed E-state index contributed by atoms with van der Waals surface area (Å²) in [5.74, 6) is -2.56. The van der Waals surface area contributed by atoms with Crippen molar-refractivity contribution in [2.75, 3.05) is 24.1 Å². The molecule has 1 heterocycles. The van der Waals surface area contributed by atoms with E-state index >= 15 is 0 Å². The number of likely N-dealkylation sites (N-methyl/N-ethyl adjacent to an activating group) is 1. The molecule has 1 aliphatic rings. The zero-order chi connectivity index (χ0) is 23.0. The second-order valence-electron chi connectivity index (χ2n) is 7.54. The van der Waals surface area contributed by atoms with E-state index in [1.807, 2.05) is 4.90 Å². The Kier molecular flexibility index (Phi) is 7.04. The van der Waals surface area contributed by atoms with E-state index in [2.05, 4.69) is 15.0 Å². The fraction of sp³-hybridized carbons (Fsp3) is 0.500. The van der Waals surface area contributed by atoms with Gasteiger partial charge in [-0.25, -0.2) is 17.8 Å². The number of sulfonamides is 1. The molecule has 0 aliphatic heterocycles. The molecule has 0 bridgehead atoms. The fourth-order valence-corrected chi connectivity index (χ4v) is 5.87. The molecule has 0 spiro atoms. The van der Waals surface area contributed by atoms with Crippen molar-refractivity contribution in [1.29, 1.82) is 0 Å². The summed E-state index contributed by atoms with van der Waals surface area (Å²) in [5.41, 5.74) is 0.0343. The maximum atomic E-state index is 14.7. The number of hydrogen-bond donors (Lipinski definition) is 2. The molecule has 1 saturated carbocycles. The normalized spacial score (nSPS) is 22.5. The van der Waals surface area contributed by atoms with Gasteiger partial charge in [0.2, 0.25) is 0 Å². The van der Waals surface area contributed by atoms with Crippen LogP contribution in [-0.4, -0.2) is 50.7 Å². The second-order valence-corrected chi connectivity index (χ2v) is 10.5. The first-order valence-corrected chi connectivity index (χ1v) is 12.0. The van der Waals surface area contributed by atoms with Crippen molar-refractivity contribution < 1.29 is 26.0 Å². The quantitative estimate of drug-likeness (QED) is 0.557. The number of aromatic nitrogens is 1. The molecule has 1 aromatic carbocycles. The van der Waals surface area contributed by atoms with Crippen LogP contribution < -0.4 is 10.0 Å². The van der Waals surface area contributed by atoms with Crippen LogP contribution in [0.15, 0.2) is 28.6 Å². The van der Waals surface area contributed by atoms with Crippen molar-refractivity contribution in [3.05, 3.63) is 34.5 Å². The summed E-state index contributed by atoms with van der Waals surface area (Å²) in [7, 11) is -0.766. The molecule has 0 saturated heterocycles. The minimum Gasteiger partial charge on any atom is -0.379 e. The molecule has 2 N–H and O–H groups in total. The number of nitrogens with zero attached hydrogens (tertiary/aromatic N) is 2. The van der Waals surface area contributed by atoms with E-state index in [1.165, 1.54) is 6.20 Å². The number of thiazole rings is 1. The molecule has 1 fully saturated rings. The van der Waals surface area contributed by atoms with Gasteiger partial charge in [-0.05, 0) is 45.5 Å². The van der Waals surface area contributed by atoms with E-state index < -0.39 is 38.9 Å². The minimum atomic E-state index is -4.33. The zero-order valence-electron chi connectivity index (χ0n) is 16.6. The number of benzene rings is 1. The minimum absolute atomic E-state index is 0.00618. The zero-order valence-corrected chi connectivity index (χ0v) is 19.0. The number of anilines is 2. The first-order chi connectivity index (χ1) is 14.4. The maximum absolute atomic E-state index is 14.7. The monoisotopic (exact) mass is 500 g/mol.